The Morgan fingerprint density at radius 3 is 2.77 bits per heavy atom. The molecule has 22 heavy (non-hydrogen) atoms. The van der Waals surface area contributed by atoms with E-state index in [0.717, 1.165) is 19.4 Å². The Hall–Kier alpha value is -1.15. The van der Waals surface area contributed by atoms with Crippen LogP contribution in [0.25, 0.3) is 0 Å². The molecule has 0 aromatic heterocycles. The third kappa shape index (κ3) is 5.24. The lowest BCUT2D eigenvalue weighted by molar-refractivity contribution is 0.0600. The van der Waals surface area contributed by atoms with Gasteiger partial charge in [-0.05, 0) is 31.0 Å². The van der Waals surface area contributed by atoms with E-state index in [1.54, 1.807) is 24.3 Å². The van der Waals surface area contributed by atoms with Gasteiger partial charge < -0.3 is 10.1 Å². The van der Waals surface area contributed by atoms with Crippen LogP contribution >= 0.6 is 12.4 Å². The van der Waals surface area contributed by atoms with E-state index in [-0.39, 0.29) is 29.8 Å². The maximum absolute atomic E-state index is 12.2. The summed E-state index contributed by atoms with van der Waals surface area (Å²) in [4.78, 5) is 11.7. The first-order valence-corrected chi connectivity index (χ1v) is 8.54. The molecule has 1 heterocycles. The summed E-state index contributed by atoms with van der Waals surface area (Å²) in [5.41, 5.74) is 0.729. The van der Waals surface area contributed by atoms with Gasteiger partial charge in [0.2, 0.25) is 10.0 Å². The maximum atomic E-state index is 12.2. The van der Waals surface area contributed by atoms with Crippen molar-refractivity contribution in [2.45, 2.75) is 24.6 Å². The molecular weight excluding hydrogens is 328 g/mol. The molecule has 6 nitrogen and oxygen atoms in total. The number of nitrogens with one attached hydrogen (secondary N) is 2. The molecule has 2 rings (SSSR count). The van der Waals surface area contributed by atoms with E-state index in [2.05, 4.69) is 14.8 Å². The van der Waals surface area contributed by atoms with Crippen molar-refractivity contribution in [3.05, 3.63) is 35.4 Å². The minimum absolute atomic E-state index is 0. The first kappa shape index (κ1) is 18.9. The third-order valence-corrected chi connectivity index (χ3v) is 4.79. The van der Waals surface area contributed by atoms with Gasteiger partial charge >= 0.3 is 5.97 Å². The van der Waals surface area contributed by atoms with E-state index >= 15 is 0 Å². The molecule has 1 aliphatic rings. The molecule has 0 radical (unpaired) electrons. The van der Waals surface area contributed by atoms with Crippen molar-refractivity contribution in [3.63, 3.8) is 0 Å². The summed E-state index contributed by atoms with van der Waals surface area (Å²) in [6.07, 6.45) is 1.77. The fourth-order valence-corrected chi connectivity index (χ4v) is 3.86. The van der Waals surface area contributed by atoms with Crippen LogP contribution in [0, 0.1) is 0 Å². The van der Waals surface area contributed by atoms with Gasteiger partial charge in [0.25, 0.3) is 0 Å². The monoisotopic (exact) mass is 348 g/mol. The van der Waals surface area contributed by atoms with Crippen LogP contribution in [0.5, 0.6) is 0 Å². The lowest BCUT2D eigenvalue weighted by atomic mass is 10.1. The molecule has 1 atom stereocenters. The van der Waals surface area contributed by atoms with Crippen molar-refractivity contribution in [2.24, 2.45) is 0 Å². The second kappa shape index (κ2) is 8.47. The minimum Gasteiger partial charge on any atom is -0.465 e. The highest BCUT2D eigenvalue weighted by atomic mass is 35.5. The SMILES string of the molecule is COC(=O)c1ccccc1CS(=O)(=O)NC1CCCNC1.Cl. The summed E-state index contributed by atoms with van der Waals surface area (Å²) >= 11 is 0. The average molecular weight is 349 g/mol. The molecule has 1 aliphatic heterocycles. The zero-order valence-corrected chi connectivity index (χ0v) is 14.0. The number of esters is 1. The van der Waals surface area contributed by atoms with Gasteiger partial charge in [-0.3, -0.25) is 0 Å². The van der Waals surface area contributed by atoms with Crippen LogP contribution in [-0.4, -0.2) is 40.6 Å². The smallest absolute Gasteiger partial charge is 0.338 e. The largest absolute Gasteiger partial charge is 0.465 e. The molecule has 0 saturated carbocycles. The molecule has 2 N–H and O–H groups in total. The summed E-state index contributed by atoms with van der Waals surface area (Å²) in [5.74, 6) is -0.755. The summed E-state index contributed by atoms with van der Waals surface area (Å²) in [6, 6.07) is 6.50. The zero-order chi connectivity index (χ0) is 15.3. The van der Waals surface area contributed by atoms with Crippen LogP contribution in [0.3, 0.4) is 0 Å². The molecule has 1 saturated heterocycles. The normalized spacial score (nSPS) is 18.3. The Morgan fingerprint density at radius 1 is 1.41 bits per heavy atom. The van der Waals surface area contributed by atoms with Crippen molar-refractivity contribution >= 4 is 28.4 Å². The summed E-state index contributed by atoms with van der Waals surface area (Å²) in [7, 11) is -2.22. The van der Waals surface area contributed by atoms with Gasteiger partial charge in [0.05, 0.1) is 18.4 Å². The molecule has 1 fully saturated rings. The van der Waals surface area contributed by atoms with Crippen molar-refractivity contribution in [1.29, 1.82) is 0 Å². The molecule has 124 valence electrons. The van der Waals surface area contributed by atoms with E-state index in [0.29, 0.717) is 12.1 Å². The van der Waals surface area contributed by atoms with E-state index in [4.69, 9.17) is 0 Å². The van der Waals surface area contributed by atoms with E-state index in [9.17, 15) is 13.2 Å². The number of carbonyl (C=O) groups is 1. The average Bonchev–Trinajstić information content (AvgIpc) is 2.47. The quantitative estimate of drug-likeness (QED) is 0.777. The van der Waals surface area contributed by atoms with Crippen LogP contribution < -0.4 is 10.0 Å². The Kier molecular flexibility index (Phi) is 7.28. The van der Waals surface area contributed by atoms with Crippen LogP contribution in [-0.2, 0) is 20.5 Å². The number of hydrogen-bond acceptors (Lipinski definition) is 5. The van der Waals surface area contributed by atoms with Gasteiger partial charge in [-0.1, -0.05) is 18.2 Å². The van der Waals surface area contributed by atoms with Crippen molar-refractivity contribution in [2.75, 3.05) is 20.2 Å². The fourth-order valence-electron chi connectivity index (χ4n) is 2.41. The maximum Gasteiger partial charge on any atom is 0.338 e. The van der Waals surface area contributed by atoms with Gasteiger partial charge in [0, 0.05) is 12.6 Å². The Bertz CT molecular complexity index is 601. The van der Waals surface area contributed by atoms with Crippen LogP contribution in [0.2, 0.25) is 0 Å². The molecule has 0 bridgehead atoms. The number of methoxy groups -OCH3 is 1. The predicted molar refractivity (Wildman–Crippen MR) is 86.7 cm³/mol. The zero-order valence-electron chi connectivity index (χ0n) is 12.4. The number of ether oxygens (including phenoxy) is 1. The molecule has 1 aromatic rings. The second-order valence-corrected chi connectivity index (χ2v) is 6.82. The highest BCUT2D eigenvalue weighted by Gasteiger charge is 2.22. The Labute approximate surface area is 137 Å². The van der Waals surface area contributed by atoms with Crippen LogP contribution in [0.15, 0.2) is 24.3 Å². The molecule has 0 aliphatic carbocycles. The van der Waals surface area contributed by atoms with Crippen LogP contribution in [0.1, 0.15) is 28.8 Å². The predicted octanol–water partition coefficient (Wildman–Crippen LogP) is 1.07. The summed E-state index contributed by atoms with van der Waals surface area (Å²) in [6.45, 7) is 1.56. The summed E-state index contributed by atoms with van der Waals surface area (Å²) < 4.78 is 31.8. The molecule has 0 amide bonds. The topological polar surface area (TPSA) is 84.5 Å². The number of sulfonamides is 1. The number of halogens is 1. The van der Waals surface area contributed by atoms with Crippen molar-refractivity contribution in [3.8, 4) is 0 Å². The minimum atomic E-state index is -3.50. The second-order valence-electron chi connectivity index (χ2n) is 5.07. The van der Waals surface area contributed by atoms with E-state index in [1.165, 1.54) is 7.11 Å². The third-order valence-electron chi connectivity index (χ3n) is 3.41. The molecule has 1 aromatic carbocycles. The molecule has 0 spiro atoms. The Morgan fingerprint density at radius 2 is 2.14 bits per heavy atom. The van der Waals surface area contributed by atoms with Crippen molar-refractivity contribution in [1.82, 2.24) is 10.0 Å². The Balaban J connectivity index is 0.00000242. The number of piperidine rings is 1. The first-order valence-electron chi connectivity index (χ1n) is 6.89. The van der Waals surface area contributed by atoms with E-state index < -0.39 is 16.0 Å². The van der Waals surface area contributed by atoms with Gasteiger partial charge in [-0.15, -0.1) is 12.4 Å². The van der Waals surface area contributed by atoms with Gasteiger partial charge in [0.1, 0.15) is 0 Å². The number of hydrogen-bond donors (Lipinski definition) is 2. The molecule has 8 heteroatoms. The van der Waals surface area contributed by atoms with Crippen molar-refractivity contribution < 1.29 is 17.9 Å². The first-order chi connectivity index (χ1) is 10.0. The summed E-state index contributed by atoms with van der Waals surface area (Å²) in [5, 5.41) is 3.16. The van der Waals surface area contributed by atoms with Gasteiger partial charge in [-0.2, -0.15) is 0 Å². The molecule has 1 unspecified atom stereocenters. The van der Waals surface area contributed by atoms with Gasteiger partial charge in [-0.25, -0.2) is 17.9 Å². The molecular formula is C14H21ClN2O4S. The van der Waals surface area contributed by atoms with E-state index in [1.807, 2.05) is 0 Å². The number of benzene rings is 1. The van der Waals surface area contributed by atoms with Gasteiger partial charge in [0.15, 0.2) is 0 Å². The standard InChI is InChI=1S/C14H20N2O4S.ClH/c1-20-14(17)13-7-3-2-5-11(13)10-21(18,19)16-12-6-4-8-15-9-12;/h2-3,5,7,12,15-16H,4,6,8-10H2,1H3;1H. The number of carbonyl (C=O) groups excluding carboxylic acids is 1. The number of rotatable bonds is 5. The fraction of sp³-hybridized carbons (Fsp3) is 0.500. The lowest BCUT2D eigenvalue weighted by Crippen LogP contribution is -2.45. The lowest BCUT2D eigenvalue weighted by Gasteiger charge is -2.23. The highest BCUT2D eigenvalue weighted by Crippen LogP contribution is 2.14. The highest BCUT2D eigenvalue weighted by molar-refractivity contribution is 7.88. The van der Waals surface area contributed by atoms with Crippen LogP contribution in [0.4, 0.5) is 0 Å².